The summed E-state index contributed by atoms with van der Waals surface area (Å²) in [5, 5.41) is 4.41. The van der Waals surface area contributed by atoms with Crippen molar-refractivity contribution in [1.82, 2.24) is 15.2 Å². The van der Waals surface area contributed by atoms with Gasteiger partial charge in [-0.05, 0) is 57.4 Å². The lowest BCUT2D eigenvalue weighted by molar-refractivity contribution is -0.133. The average molecular weight is 485 g/mol. The van der Waals surface area contributed by atoms with Crippen LogP contribution in [0, 0.1) is 0 Å². The van der Waals surface area contributed by atoms with Crippen LogP contribution in [0.1, 0.15) is 27.2 Å². The second-order valence-electron chi connectivity index (χ2n) is 8.40. The average Bonchev–Trinajstić information content (AvgIpc) is 3.12. The van der Waals surface area contributed by atoms with Crippen molar-refractivity contribution in [2.75, 3.05) is 43.1 Å². The number of anilines is 1. The van der Waals surface area contributed by atoms with Gasteiger partial charge in [-0.25, -0.2) is 9.78 Å². The second-order valence-corrected chi connectivity index (χ2v) is 10.8. The summed E-state index contributed by atoms with van der Waals surface area (Å²) in [4.78, 5) is 34.1. The molecule has 1 fully saturated rings. The van der Waals surface area contributed by atoms with E-state index in [-0.39, 0.29) is 5.91 Å². The molecule has 0 aliphatic carbocycles. The number of thioether (sulfide) groups is 1. The Kier molecular flexibility index (Phi) is 7.93. The first kappa shape index (κ1) is 23.9. The molecule has 0 spiro atoms. The largest absolute Gasteiger partial charge is 0.444 e. The highest BCUT2D eigenvalue weighted by molar-refractivity contribution is 7.98. The molecular formula is C21H29ClN4O3S2. The fourth-order valence-corrected chi connectivity index (χ4v) is 5.07. The first-order chi connectivity index (χ1) is 14.7. The third-order valence-corrected chi connectivity index (χ3v) is 6.76. The molecule has 31 heavy (non-hydrogen) atoms. The summed E-state index contributed by atoms with van der Waals surface area (Å²) < 4.78 is 6.40. The summed E-state index contributed by atoms with van der Waals surface area (Å²) in [6, 6.07) is 5.11. The number of benzene rings is 1. The van der Waals surface area contributed by atoms with E-state index in [4.69, 9.17) is 21.3 Å². The maximum Gasteiger partial charge on any atom is 0.408 e. The Labute approximate surface area is 196 Å². The zero-order valence-electron chi connectivity index (χ0n) is 18.3. The van der Waals surface area contributed by atoms with Crippen LogP contribution in [0.2, 0.25) is 5.02 Å². The monoisotopic (exact) mass is 484 g/mol. The highest BCUT2D eigenvalue weighted by atomic mass is 35.5. The van der Waals surface area contributed by atoms with Gasteiger partial charge in [0.05, 0.1) is 10.2 Å². The van der Waals surface area contributed by atoms with Gasteiger partial charge in [0.25, 0.3) is 0 Å². The van der Waals surface area contributed by atoms with E-state index in [0.29, 0.717) is 37.6 Å². The fourth-order valence-electron chi connectivity index (χ4n) is 3.30. The Balaban J connectivity index is 1.61. The molecule has 2 amide bonds. The first-order valence-electron chi connectivity index (χ1n) is 10.2. The van der Waals surface area contributed by atoms with Gasteiger partial charge in [-0.1, -0.05) is 22.9 Å². The van der Waals surface area contributed by atoms with E-state index in [9.17, 15) is 9.59 Å². The van der Waals surface area contributed by atoms with Crippen molar-refractivity contribution in [3.05, 3.63) is 23.2 Å². The van der Waals surface area contributed by atoms with Crippen molar-refractivity contribution in [1.29, 1.82) is 0 Å². The lowest BCUT2D eigenvalue weighted by Crippen LogP contribution is -2.55. The van der Waals surface area contributed by atoms with E-state index in [2.05, 4.69) is 10.2 Å². The fraction of sp³-hybridized carbons (Fsp3) is 0.571. The number of ether oxygens (including phenoxy) is 1. The summed E-state index contributed by atoms with van der Waals surface area (Å²) in [5.41, 5.74) is 0.325. The molecule has 1 aromatic carbocycles. The SMILES string of the molecule is CSCCC(NC(=O)OC(C)(C)C)C(=O)N1CCN(c2nc3ccc(Cl)cc3s2)CC1. The van der Waals surface area contributed by atoms with Gasteiger partial charge in [0.15, 0.2) is 5.13 Å². The molecule has 1 atom stereocenters. The molecule has 1 unspecified atom stereocenters. The summed E-state index contributed by atoms with van der Waals surface area (Å²) in [5.74, 6) is 0.719. The molecule has 1 aliphatic rings. The number of carbonyl (C=O) groups is 2. The molecule has 1 N–H and O–H groups in total. The van der Waals surface area contributed by atoms with Crippen LogP contribution in [-0.2, 0) is 9.53 Å². The van der Waals surface area contributed by atoms with E-state index in [0.717, 1.165) is 21.1 Å². The molecular weight excluding hydrogens is 456 g/mol. The van der Waals surface area contributed by atoms with Crippen LogP contribution in [0.3, 0.4) is 0 Å². The van der Waals surface area contributed by atoms with Gasteiger partial charge >= 0.3 is 6.09 Å². The minimum atomic E-state index is -0.607. The van der Waals surface area contributed by atoms with Crippen LogP contribution in [0.25, 0.3) is 10.2 Å². The van der Waals surface area contributed by atoms with E-state index >= 15 is 0 Å². The molecule has 0 radical (unpaired) electrons. The van der Waals surface area contributed by atoms with Crippen LogP contribution >= 0.6 is 34.7 Å². The molecule has 0 saturated carbocycles. The van der Waals surface area contributed by atoms with Gasteiger partial charge in [0.2, 0.25) is 5.91 Å². The number of alkyl carbamates (subject to hydrolysis) is 1. The zero-order chi connectivity index (χ0) is 22.6. The van der Waals surface area contributed by atoms with Crippen molar-refractivity contribution in [3.63, 3.8) is 0 Å². The maximum atomic E-state index is 13.1. The summed E-state index contributed by atoms with van der Waals surface area (Å²) >= 11 is 9.34. The molecule has 1 aliphatic heterocycles. The Morgan fingerprint density at radius 3 is 2.65 bits per heavy atom. The standard InChI is InChI=1S/C21H29ClN4O3S2/c1-21(2,3)29-20(28)24-16(7-12-30-4)18(27)25-8-10-26(11-9-25)19-23-15-6-5-14(22)13-17(15)31-19/h5-6,13,16H,7-12H2,1-4H3,(H,24,28). The molecule has 10 heteroatoms. The minimum absolute atomic E-state index is 0.0596. The van der Waals surface area contributed by atoms with Crippen LogP contribution < -0.4 is 10.2 Å². The zero-order valence-corrected chi connectivity index (χ0v) is 20.7. The second kappa shape index (κ2) is 10.3. The van der Waals surface area contributed by atoms with Gasteiger partial charge < -0.3 is 19.9 Å². The Hall–Kier alpha value is -1.71. The van der Waals surface area contributed by atoms with Crippen molar-refractivity contribution in [2.45, 2.75) is 38.8 Å². The summed E-state index contributed by atoms with van der Waals surface area (Å²) in [7, 11) is 0. The third-order valence-electron chi connectivity index (χ3n) is 4.80. The van der Waals surface area contributed by atoms with E-state index in [1.54, 1.807) is 43.9 Å². The molecule has 7 nitrogen and oxygen atoms in total. The predicted molar refractivity (Wildman–Crippen MR) is 130 cm³/mol. The Morgan fingerprint density at radius 1 is 1.29 bits per heavy atom. The molecule has 3 rings (SSSR count). The lowest BCUT2D eigenvalue weighted by Gasteiger charge is -2.36. The number of nitrogens with zero attached hydrogens (tertiary/aromatic N) is 3. The number of rotatable bonds is 6. The molecule has 170 valence electrons. The number of amides is 2. The van der Waals surface area contributed by atoms with E-state index in [1.807, 2.05) is 29.4 Å². The molecule has 1 aromatic heterocycles. The predicted octanol–water partition coefficient (Wildman–Crippen LogP) is 4.24. The summed E-state index contributed by atoms with van der Waals surface area (Å²) in [6.07, 6.45) is 2.00. The Morgan fingerprint density at radius 2 is 2.00 bits per heavy atom. The molecule has 2 heterocycles. The first-order valence-corrected chi connectivity index (χ1v) is 12.8. The number of halogens is 1. The topological polar surface area (TPSA) is 74.8 Å². The quantitative estimate of drug-likeness (QED) is 0.660. The van der Waals surface area contributed by atoms with Gasteiger partial charge in [-0.3, -0.25) is 4.79 Å². The molecule has 0 bridgehead atoms. The highest BCUT2D eigenvalue weighted by Crippen LogP contribution is 2.31. The van der Waals surface area contributed by atoms with Crippen molar-refractivity contribution in [2.24, 2.45) is 0 Å². The van der Waals surface area contributed by atoms with Gasteiger partial charge in [-0.15, -0.1) is 0 Å². The van der Waals surface area contributed by atoms with E-state index < -0.39 is 17.7 Å². The number of nitrogens with one attached hydrogen (secondary N) is 1. The molecule has 1 saturated heterocycles. The van der Waals surface area contributed by atoms with Crippen LogP contribution in [-0.4, -0.2) is 71.7 Å². The normalized spacial score (nSPS) is 15.8. The number of thiazole rings is 1. The molecule has 2 aromatic rings. The third kappa shape index (κ3) is 6.63. The Bertz CT molecular complexity index is 923. The van der Waals surface area contributed by atoms with Crippen LogP contribution in [0.4, 0.5) is 9.93 Å². The van der Waals surface area contributed by atoms with Crippen molar-refractivity contribution in [3.8, 4) is 0 Å². The van der Waals surface area contributed by atoms with Crippen LogP contribution in [0.5, 0.6) is 0 Å². The number of hydrogen-bond donors (Lipinski definition) is 1. The van der Waals surface area contributed by atoms with Crippen molar-refractivity contribution >= 4 is 62.0 Å². The number of carbonyl (C=O) groups excluding carboxylic acids is 2. The highest BCUT2D eigenvalue weighted by Gasteiger charge is 2.30. The summed E-state index contributed by atoms with van der Waals surface area (Å²) in [6.45, 7) is 7.98. The maximum absolute atomic E-state index is 13.1. The van der Waals surface area contributed by atoms with Crippen molar-refractivity contribution < 1.29 is 14.3 Å². The van der Waals surface area contributed by atoms with Gasteiger partial charge in [0, 0.05) is 31.2 Å². The van der Waals surface area contributed by atoms with Gasteiger partial charge in [0.1, 0.15) is 11.6 Å². The number of piperazine rings is 1. The van der Waals surface area contributed by atoms with Gasteiger partial charge in [-0.2, -0.15) is 11.8 Å². The number of aromatic nitrogens is 1. The minimum Gasteiger partial charge on any atom is -0.444 e. The van der Waals surface area contributed by atoms with Crippen LogP contribution in [0.15, 0.2) is 18.2 Å². The number of hydrogen-bond acceptors (Lipinski definition) is 7. The van der Waals surface area contributed by atoms with E-state index in [1.165, 1.54) is 0 Å². The smallest absolute Gasteiger partial charge is 0.408 e. The number of fused-ring (bicyclic) bond motifs is 1. The lowest BCUT2D eigenvalue weighted by atomic mass is 10.1.